The number of primary amides is 1. The lowest BCUT2D eigenvalue weighted by molar-refractivity contribution is 0.100. The first kappa shape index (κ1) is 14.4. The molecule has 2 aromatic carbocycles. The second kappa shape index (κ2) is 5.52. The van der Waals surface area contributed by atoms with Crippen LogP contribution < -0.4 is 10.5 Å². The molecule has 0 atom stereocenters. The third kappa shape index (κ3) is 2.92. The van der Waals surface area contributed by atoms with Crippen molar-refractivity contribution in [2.45, 2.75) is 4.90 Å². The lowest BCUT2D eigenvalue weighted by Gasteiger charge is -2.11. The Morgan fingerprint density at radius 2 is 1.65 bits per heavy atom. The Kier molecular flexibility index (Phi) is 3.96. The Labute approximate surface area is 121 Å². The van der Waals surface area contributed by atoms with Gasteiger partial charge in [-0.3, -0.25) is 9.52 Å². The van der Waals surface area contributed by atoms with Crippen molar-refractivity contribution in [2.75, 3.05) is 4.72 Å². The van der Waals surface area contributed by atoms with Gasteiger partial charge in [-0.15, -0.1) is 0 Å². The summed E-state index contributed by atoms with van der Waals surface area (Å²) in [5.74, 6) is -0.720. The highest BCUT2D eigenvalue weighted by Crippen LogP contribution is 2.24. The molecule has 0 radical (unpaired) electrons. The van der Waals surface area contributed by atoms with Gasteiger partial charge >= 0.3 is 0 Å². The van der Waals surface area contributed by atoms with Crippen LogP contribution in [0.25, 0.3) is 0 Å². The Morgan fingerprint density at radius 3 is 2.30 bits per heavy atom. The van der Waals surface area contributed by atoms with Gasteiger partial charge in [0.15, 0.2) is 0 Å². The molecule has 0 aliphatic heterocycles. The van der Waals surface area contributed by atoms with Crippen LogP contribution >= 0.6 is 11.6 Å². The second-order valence-corrected chi connectivity index (χ2v) is 6.00. The Bertz CT molecular complexity index is 760. The number of anilines is 1. The number of para-hydroxylation sites is 1. The summed E-state index contributed by atoms with van der Waals surface area (Å²) in [6, 6.07) is 12.1. The molecule has 0 aliphatic carbocycles. The number of sulfonamides is 1. The predicted octanol–water partition coefficient (Wildman–Crippen LogP) is 2.24. The number of nitrogens with two attached hydrogens (primary N) is 1. The first-order valence-corrected chi connectivity index (χ1v) is 7.44. The quantitative estimate of drug-likeness (QED) is 0.907. The minimum Gasteiger partial charge on any atom is -0.366 e. The van der Waals surface area contributed by atoms with E-state index in [1.165, 1.54) is 24.3 Å². The van der Waals surface area contributed by atoms with Crippen molar-refractivity contribution in [3.63, 3.8) is 0 Å². The van der Waals surface area contributed by atoms with Crippen LogP contribution in [0.15, 0.2) is 53.4 Å². The predicted molar refractivity (Wildman–Crippen MR) is 77.2 cm³/mol. The number of rotatable bonds is 4. The van der Waals surface area contributed by atoms with Crippen molar-refractivity contribution < 1.29 is 13.2 Å². The highest BCUT2D eigenvalue weighted by Gasteiger charge is 2.19. The Morgan fingerprint density at radius 1 is 1.05 bits per heavy atom. The maximum absolute atomic E-state index is 12.2. The molecular formula is C13H11ClN2O3S. The fourth-order valence-corrected chi connectivity index (χ4v) is 3.25. The molecule has 0 saturated heterocycles. The summed E-state index contributed by atoms with van der Waals surface area (Å²) in [5, 5.41) is 0.0940. The van der Waals surface area contributed by atoms with Crippen LogP contribution in [0, 0.1) is 0 Å². The lowest BCUT2D eigenvalue weighted by atomic mass is 10.2. The summed E-state index contributed by atoms with van der Waals surface area (Å²) < 4.78 is 26.8. The number of hydrogen-bond donors (Lipinski definition) is 2. The van der Waals surface area contributed by atoms with Crippen LogP contribution in [0.4, 0.5) is 5.69 Å². The summed E-state index contributed by atoms with van der Waals surface area (Å²) in [6.45, 7) is 0. The third-order valence-corrected chi connectivity index (χ3v) is 4.43. The standard InChI is InChI=1S/C13H11ClN2O3S/c14-10-6-2-4-8-12(10)20(18,19)16-11-7-3-1-5-9(11)13(15)17/h1-8,16H,(H2,15,17). The number of amides is 1. The van der Waals surface area contributed by atoms with Crippen molar-refractivity contribution in [2.24, 2.45) is 5.73 Å². The molecule has 0 saturated carbocycles. The normalized spacial score (nSPS) is 11.1. The molecule has 0 aromatic heterocycles. The van der Waals surface area contributed by atoms with Crippen LogP contribution in [0.3, 0.4) is 0 Å². The van der Waals surface area contributed by atoms with E-state index in [2.05, 4.69) is 4.72 Å². The molecule has 2 rings (SSSR count). The number of benzene rings is 2. The largest absolute Gasteiger partial charge is 0.366 e. The van der Waals surface area contributed by atoms with E-state index in [-0.39, 0.29) is 21.2 Å². The molecular weight excluding hydrogens is 300 g/mol. The SMILES string of the molecule is NC(=O)c1ccccc1NS(=O)(=O)c1ccccc1Cl. The number of nitrogens with one attached hydrogen (secondary N) is 1. The summed E-state index contributed by atoms with van der Waals surface area (Å²) in [4.78, 5) is 11.2. The molecule has 1 amide bonds. The van der Waals surface area contributed by atoms with Gasteiger partial charge in [-0.05, 0) is 24.3 Å². The molecule has 0 spiro atoms. The molecule has 0 aliphatic rings. The van der Waals surface area contributed by atoms with Gasteiger partial charge in [-0.25, -0.2) is 8.42 Å². The minimum absolute atomic E-state index is 0.0686. The maximum atomic E-state index is 12.2. The highest BCUT2D eigenvalue weighted by atomic mass is 35.5. The number of carbonyl (C=O) groups is 1. The second-order valence-electron chi connectivity index (χ2n) is 3.95. The number of halogens is 1. The number of hydrogen-bond acceptors (Lipinski definition) is 3. The van der Waals surface area contributed by atoms with Crippen LogP contribution in [-0.4, -0.2) is 14.3 Å². The molecule has 5 nitrogen and oxygen atoms in total. The summed E-state index contributed by atoms with van der Waals surface area (Å²) in [5.41, 5.74) is 5.40. The molecule has 2 aromatic rings. The van der Waals surface area contributed by atoms with Crippen molar-refractivity contribution in [3.05, 3.63) is 59.1 Å². The summed E-state index contributed by atoms with van der Waals surface area (Å²) in [6.07, 6.45) is 0. The van der Waals surface area contributed by atoms with Crippen LogP contribution in [0.5, 0.6) is 0 Å². The van der Waals surface area contributed by atoms with Gasteiger partial charge in [0.1, 0.15) is 4.90 Å². The lowest BCUT2D eigenvalue weighted by Crippen LogP contribution is -2.18. The smallest absolute Gasteiger partial charge is 0.263 e. The molecule has 0 bridgehead atoms. The topological polar surface area (TPSA) is 89.3 Å². The number of carbonyl (C=O) groups excluding carboxylic acids is 1. The van der Waals surface area contributed by atoms with E-state index in [4.69, 9.17) is 17.3 Å². The van der Waals surface area contributed by atoms with Crippen LogP contribution in [0.2, 0.25) is 5.02 Å². The van der Waals surface area contributed by atoms with Crippen LogP contribution in [-0.2, 0) is 10.0 Å². The van der Waals surface area contributed by atoms with Gasteiger partial charge in [-0.1, -0.05) is 35.9 Å². The molecule has 7 heteroatoms. The van der Waals surface area contributed by atoms with Gasteiger partial charge in [0, 0.05) is 0 Å². The average Bonchev–Trinajstić information content (AvgIpc) is 2.39. The van der Waals surface area contributed by atoms with Gasteiger partial charge in [-0.2, -0.15) is 0 Å². The molecule has 3 N–H and O–H groups in total. The summed E-state index contributed by atoms with van der Waals surface area (Å²) in [7, 11) is -3.89. The van der Waals surface area contributed by atoms with E-state index in [1.54, 1.807) is 24.3 Å². The van der Waals surface area contributed by atoms with E-state index in [1.807, 2.05) is 0 Å². The van der Waals surface area contributed by atoms with Gasteiger partial charge < -0.3 is 5.73 Å². The zero-order valence-electron chi connectivity index (χ0n) is 10.2. The first-order chi connectivity index (χ1) is 9.42. The van der Waals surface area contributed by atoms with E-state index in [0.29, 0.717) is 0 Å². The van der Waals surface area contributed by atoms with Gasteiger partial charge in [0.05, 0.1) is 16.3 Å². The fourth-order valence-electron chi connectivity index (χ4n) is 1.65. The molecule has 0 heterocycles. The summed E-state index contributed by atoms with van der Waals surface area (Å²) >= 11 is 5.87. The van der Waals surface area contributed by atoms with E-state index < -0.39 is 15.9 Å². The Balaban J connectivity index is 2.45. The van der Waals surface area contributed by atoms with Crippen molar-refractivity contribution in [1.29, 1.82) is 0 Å². The van der Waals surface area contributed by atoms with Crippen LogP contribution in [0.1, 0.15) is 10.4 Å². The first-order valence-electron chi connectivity index (χ1n) is 5.58. The monoisotopic (exact) mass is 310 g/mol. The van der Waals surface area contributed by atoms with Crippen molar-refractivity contribution in [3.8, 4) is 0 Å². The molecule has 0 fully saturated rings. The zero-order chi connectivity index (χ0) is 14.8. The minimum atomic E-state index is -3.89. The molecule has 20 heavy (non-hydrogen) atoms. The highest BCUT2D eigenvalue weighted by molar-refractivity contribution is 7.92. The van der Waals surface area contributed by atoms with Crippen molar-refractivity contribution in [1.82, 2.24) is 0 Å². The van der Waals surface area contributed by atoms with E-state index in [9.17, 15) is 13.2 Å². The molecule has 104 valence electrons. The molecule has 0 unspecified atom stereocenters. The third-order valence-electron chi connectivity index (χ3n) is 2.56. The fraction of sp³-hybridized carbons (Fsp3) is 0. The van der Waals surface area contributed by atoms with Gasteiger partial charge in [0.25, 0.3) is 15.9 Å². The zero-order valence-corrected chi connectivity index (χ0v) is 11.8. The van der Waals surface area contributed by atoms with E-state index >= 15 is 0 Å². The van der Waals surface area contributed by atoms with E-state index in [0.717, 1.165) is 0 Å². The van der Waals surface area contributed by atoms with Gasteiger partial charge in [0.2, 0.25) is 0 Å². The van der Waals surface area contributed by atoms with Crippen molar-refractivity contribution >= 4 is 33.2 Å². The maximum Gasteiger partial charge on any atom is 0.263 e. The average molecular weight is 311 g/mol. The Hall–Kier alpha value is -2.05.